The van der Waals surface area contributed by atoms with Gasteiger partial charge in [-0.15, -0.1) is 0 Å². The number of carbonyl (C=O) groups excluding carboxylic acids is 1. The zero-order valence-electron chi connectivity index (χ0n) is 13.8. The average molecular weight is 339 g/mol. The van der Waals surface area contributed by atoms with Crippen LogP contribution in [0.3, 0.4) is 0 Å². The second-order valence-electron chi connectivity index (χ2n) is 5.90. The molecule has 0 spiro atoms. The lowest BCUT2D eigenvalue weighted by atomic mass is 10.2. The normalized spacial score (nSPS) is 19.5. The Morgan fingerprint density at radius 1 is 1.39 bits per heavy atom. The predicted octanol–water partition coefficient (Wildman–Crippen LogP) is 2.22. The smallest absolute Gasteiger partial charge is 0.224 e. The third kappa shape index (κ3) is 4.92. The van der Waals surface area contributed by atoms with E-state index in [1.54, 1.807) is 6.20 Å². The molecule has 1 aromatic heterocycles. The molecule has 0 saturated carbocycles. The number of sulfone groups is 1. The number of anilines is 2. The molecular formula is C16H25N3O3S. The minimum absolute atomic E-state index is 0.00404. The van der Waals surface area contributed by atoms with E-state index in [4.69, 9.17) is 0 Å². The van der Waals surface area contributed by atoms with Crippen molar-refractivity contribution >= 4 is 27.2 Å². The number of unbranched alkanes of at least 4 members (excludes halogenated alkanes) is 1. The summed E-state index contributed by atoms with van der Waals surface area (Å²) in [5.74, 6) is 1.19. The highest BCUT2D eigenvalue weighted by Crippen LogP contribution is 2.23. The zero-order chi connectivity index (χ0) is 16.9. The lowest BCUT2D eigenvalue weighted by Gasteiger charge is -2.28. The summed E-state index contributed by atoms with van der Waals surface area (Å²) in [5.41, 5.74) is 0.671. The van der Waals surface area contributed by atoms with Crippen LogP contribution in [0.1, 0.15) is 39.5 Å². The molecule has 1 N–H and O–H groups in total. The summed E-state index contributed by atoms with van der Waals surface area (Å²) in [6.45, 7) is 4.74. The fourth-order valence-electron chi connectivity index (χ4n) is 2.82. The van der Waals surface area contributed by atoms with E-state index in [9.17, 15) is 13.2 Å². The number of nitrogens with zero attached hydrogens (tertiary/aromatic N) is 2. The van der Waals surface area contributed by atoms with Gasteiger partial charge in [0.2, 0.25) is 5.91 Å². The zero-order valence-corrected chi connectivity index (χ0v) is 14.6. The van der Waals surface area contributed by atoms with Gasteiger partial charge in [-0.25, -0.2) is 13.4 Å². The van der Waals surface area contributed by atoms with Gasteiger partial charge >= 0.3 is 0 Å². The van der Waals surface area contributed by atoms with Crippen molar-refractivity contribution in [2.45, 2.75) is 45.6 Å². The quantitative estimate of drug-likeness (QED) is 0.824. The van der Waals surface area contributed by atoms with Crippen molar-refractivity contribution in [3.63, 3.8) is 0 Å². The van der Waals surface area contributed by atoms with E-state index >= 15 is 0 Å². The maximum Gasteiger partial charge on any atom is 0.224 e. The average Bonchev–Trinajstić information content (AvgIpc) is 2.87. The van der Waals surface area contributed by atoms with Gasteiger partial charge in [0.15, 0.2) is 9.84 Å². The third-order valence-electron chi connectivity index (χ3n) is 4.07. The summed E-state index contributed by atoms with van der Waals surface area (Å²) < 4.78 is 23.3. The third-order valence-corrected chi connectivity index (χ3v) is 5.82. The van der Waals surface area contributed by atoms with Gasteiger partial charge in [-0.2, -0.15) is 0 Å². The maximum atomic E-state index is 11.7. The van der Waals surface area contributed by atoms with Crippen molar-refractivity contribution in [1.29, 1.82) is 0 Å². The largest absolute Gasteiger partial charge is 0.353 e. The Labute approximate surface area is 138 Å². The van der Waals surface area contributed by atoms with Gasteiger partial charge in [0.1, 0.15) is 5.82 Å². The molecule has 1 aliphatic heterocycles. The van der Waals surface area contributed by atoms with Crippen molar-refractivity contribution in [3.05, 3.63) is 18.3 Å². The predicted molar refractivity (Wildman–Crippen MR) is 92.5 cm³/mol. The molecule has 23 heavy (non-hydrogen) atoms. The SMILES string of the molecule is CCCCC(=O)Nc1ccc(N(CC)C2CCS(=O)(=O)C2)nc1. The summed E-state index contributed by atoms with van der Waals surface area (Å²) in [6, 6.07) is 3.64. The molecule has 1 atom stereocenters. The van der Waals surface area contributed by atoms with Gasteiger partial charge in [0, 0.05) is 19.0 Å². The number of rotatable bonds is 7. The topological polar surface area (TPSA) is 79.4 Å². The van der Waals surface area contributed by atoms with E-state index in [2.05, 4.69) is 10.3 Å². The van der Waals surface area contributed by atoms with Gasteiger partial charge in [0.25, 0.3) is 0 Å². The number of hydrogen-bond acceptors (Lipinski definition) is 5. The van der Waals surface area contributed by atoms with Crippen molar-refractivity contribution in [1.82, 2.24) is 4.98 Å². The first-order chi connectivity index (χ1) is 10.9. The van der Waals surface area contributed by atoms with E-state index < -0.39 is 9.84 Å². The molecule has 0 aliphatic carbocycles. The Balaban J connectivity index is 2.01. The van der Waals surface area contributed by atoms with Gasteiger partial charge in [-0.3, -0.25) is 4.79 Å². The van der Waals surface area contributed by atoms with Crippen molar-refractivity contribution in [3.8, 4) is 0 Å². The van der Waals surface area contributed by atoms with Crippen molar-refractivity contribution in [2.24, 2.45) is 0 Å². The Morgan fingerprint density at radius 3 is 2.70 bits per heavy atom. The molecule has 0 radical (unpaired) electrons. The van der Waals surface area contributed by atoms with Gasteiger partial charge in [-0.05, 0) is 31.9 Å². The summed E-state index contributed by atoms with van der Waals surface area (Å²) in [4.78, 5) is 18.1. The molecule has 1 aliphatic rings. The van der Waals surface area contributed by atoms with E-state index in [0.29, 0.717) is 25.1 Å². The second-order valence-corrected chi connectivity index (χ2v) is 8.13. The van der Waals surface area contributed by atoms with Gasteiger partial charge in [0.05, 0.1) is 23.4 Å². The first-order valence-corrected chi connectivity index (χ1v) is 10.00. The summed E-state index contributed by atoms with van der Waals surface area (Å²) >= 11 is 0. The van der Waals surface area contributed by atoms with Crippen LogP contribution in [0.5, 0.6) is 0 Å². The first-order valence-electron chi connectivity index (χ1n) is 8.18. The summed E-state index contributed by atoms with van der Waals surface area (Å²) in [6.07, 6.45) is 4.65. The van der Waals surface area contributed by atoms with E-state index in [1.165, 1.54) is 0 Å². The minimum Gasteiger partial charge on any atom is -0.353 e. The first kappa shape index (κ1) is 17.7. The van der Waals surface area contributed by atoms with E-state index in [0.717, 1.165) is 18.7 Å². The Bertz CT molecular complexity index is 628. The molecule has 0 aromatic carbocycles. The van der Waals surface area contributed by atoms with Crippen molar-refractivity contribution in [2.75, 3.05) is 28.3 Å². The van der Waals surface area contributed by atoms with Crippen LogP contribution in [-0.4, -0.2) is 43.4 Å². The summed E-state index contributed by atoms with van der Waals surface area (Å²) in [7, 11) is -2.92. The lowest BCUT2D eigenvalue weighted by molar-refractivity contribution is -0.116. The van der Waals surface area contributed by atoms with Crippen LogP contribution in [0.15, 0.2) is 18.3 Å². The molecule has 0 bridgehead atoms. The molecule has 1 saturated heterocycles. The molecule has 1 aromatic rings. The number of hydrogen-bond donors (Lipinski definition) is 1. The number of carbonyl (C=O) groups is 1. The molecule has 2 rings (SSSR count). The number of nitrogens with one attached hydrogen (secondary N) is 1. The maximum absolute atomic E-state index is 11.7. The summed E-state index contributed by atoms with van der Waals surface area (Å²) in [5, 5.41) is 2.83. The number of amides is 1. The Hall–Kier alpha value is -1.63. The fraction of sp³-hybridized carbons (Fsp3) is 0.625. The Morgan fingerprint density at radius 2 is 2.17 bits per heavy atom. The van der Waals surface area contributed by atoms with Crippen LogP contribution in [-0.2, 0) is 14.6 Å². The monoisotopic (exact) mass is 339 g/mol. The van der Waals surface area contributed by atoms with Crippen LogP contribution in [0.2, 0.25) is 0 Å². The molecule has 1 amide bonds. The minimum atomic E-state index is -2.92. The highest BCUT2D eigenvalue weighted by molar-refractivity contribution is 7.91. The van der Waals surface area contributed by atoms with Crippen LogP contribution >= 0.6 is 0 Å². The van der Waals surface area contributed by atoms with E-state index in [1.807, 2.05) is 30.9 Å². The lowest BCUT2D eigenvalue weighted by Crippen LogP contribution is -2.36. The molecule has 7 heteroatoms. The molecule has 1 unspecified atom stereocenters. The van der Waals surface area contributed by atoms with Crippen LogP contribution in [0, 0.1) is 0 Å². The molecule has 128 valence electrons. The van der Waals surface area contributed by atoms with Crippen LogP contribution < -0.4 is 10.2 Å². The van der Waals surface area contributed by atoms with Gasteiger partial charge < -0.3 is 10.2 Å². The van der Waals surface area contributed by atoms with Crippen LogP contribution in [0.25, 0.3) is 0 Å². The van der Waals surface area contributed by atoms with Crippen molar-refractivity contribution < 1.29 is 13.2 Å². The standard InChI is InChI=1S/C16H25N3O3S/c1-3-5-6-16(20)18-13-7-8-15(17-11-13)19(4-2)14-9-10-23(21,22)12-14/h7-8,11,14H,3-6,9-10,12H2,1-2H3,(H,18,20). The highest BCUT2D eigenvalue weighted by atomic mass is 32.2. The molecule has 1 fully saturated rings. The van der Waals surface area contributed by atoms with Crippen LogP contribution in [0.4, 0.5) is 11.5 Å². The van der Waals surface area contributed by atoms with Gasteiger partial charge in [-0.1, -0.05) is 13.3 Å². The molecule has 2 heterocycles. The second kappa shape index (κ2) is 7.77. The Kier molecular flexibility index (Phi) is 5.98. The number of aromatic nitrogens is 1. The molecular weight excluding hydrogens is 314 g/mol. The number of pyridine rings is 1. The highest BCUT2D eigenvalue weighted by Gasteiger charge is 2.32. The van der Waals surface area contributed by atoms with E-state index in [-0.39, 0.29) is 23.5 Å². The molecule has 6 nitrogen and oxygen atoms in total. The fourth-order valence-corrected chi connectivity index (χ4v) is 4.55.